The maximum absolute atomic E-state index is 12.6. The quantitative estimate of drug-likeness (QED) is 0.799. The van der Waals surface area contributed by atoms with Crippen LogP contribution in [0.25, 0.3) is 0 Å². The molecule has 20 heavy (non-hydrogen) atoms. The average Bonchev–Trinajstić information content (AvgIpc) is 2.91. The minimum absolute atomic E-state index is 0.0564. The number of nitrogens with two attached hydrogens (primary N) is 1. The lowest BCUT2D eigenvalue weighted by molar-refractivity contribution is 0.466. The van der Waals surface area contributed by atoms with Gasteiger partial charge in [0.15, 0.2) is 0 Å². The molecule has 0 bridgehead atoms. The molecule has 0 aliphatic rings. The summed E-state index contributed by atoms with van der Waals surface area (Å²) in [5.41, 5.74) is 6.70. The molecule has 1 heterocycles. The molecule has 0 saturated carbocycles. The van der Waals surface area contributed by atoms with Gasteiger partial charge in [0.1, 0.15) is 4.99 Å². The molecule has 1 aromatic carbocycles. The monoisotopic (exact) mass is 310 g/mol. The molecule has 0 aliphatic carbocycles. The van der Waals surface area contributed by atoms with Crippen LogP contribution in [0.15, 0.2) is 41.6 Å². The van der Waals surface area contributed by atoms with E-state index in [0.717, 1.165) is 5.56 Å². The number of nitrogens with one attached hydrogen (secondary N) is 1. The van der Waals surface area contributed by atoms with Crippen molar-refractivity contribution < 1.29 is 8.42 Å². The van der Waals surface area contributed by atoms with Crippen molar-refractivity contribution in [1.82, 2.24) is 14.5 Å². The second-order valence-electron chi connectivity index (χ2n) is 4.23. The Kier molecular flexibility index (Phi) is 4.17. The maximum atomic E-state index is 12.6. The molecule has 1 aromatic heterocycles. The van der Waals surface area contributed by atoms with Crippen LogP contribution in [-0.2, 0) is 16.6 Å². The van der Waals surface area contributed by atoms with Crippen LogP contribution < -0.4 is 5.73 Å². The number of aromatic amines is 1. The van der Waals surface area contributed by atoms with Crippen molar-refractivity contribution in [3.63, 3.8) is 0 Å². The standard InChI is InChI=1S/C12H14N4O2S2/c1-16(8-9-6-14-15-7-9)20(17,18)11-5-3-2-4-10(11)12(13)19/h2-7H,8H2,1H3,(H2,13,19)(H,14,15). The Hall–Kier alpha value is -1.77. The average molecular weight is 310 g/mol. The first-order valence-electron chi connectivity index (χ1n) is 5.76. The predicted octanol–water partition coefficient (Wildman–Crippen LogP) is 0.865. The molecule has 0 amide bonds. The van der Waals surface area contributed by atoms with Crippen LogP contribution in [0.1, 0.15) is 11.1 Å². The van der Waals surface area contributed by atoms with Crippen molar-refractivity contribution >= 4 is 27.2 Å². The minimum Gasteiger partial charge on any atom is -0.389 e. The number of H-pyrrole nitrogens is 1. The zero-order chi connectivity index (χ0) is 14.8. The van der Waals surface area contributed by atoms with Gasteiger partial charge in [-0.2, -0.15) is 9.40 Å². The zero-order valence-corrected chi connectivity index (χ0v) is 12.4. The van der Waals surface area contributed by atoms with E-state index < -0.39 is 10.0 Å². The topological polar surface area (TPSA) is 92.1 Å². The summed E-state index contributed by atoms with van der Waals surface area (Å²) in [5.74, 6) is 0. The summed E-state index contributed by atoms with van der Waals surface area (Å²) in [6, 6.07) is 6.43. The van der Waals surface area contributed by atoms with Gasteiger partial charge in [-0.25, -0.2) is 8.42 Å². The smallest absolute Gasteiger partial charge is 0.243 e. The highest BCUT2D eigenvalue weighted by atomic mass is 32.2. The van der Waals surface area contributed by atoms with Gasteiger partial charge in [-0.15, -0.1) is 0 Å². The molecule has 8 heteroatoms. The lowest BCUT2D eigenvalue weighted by Crippen LogP contribution is -2.28. The summed E-state index contributed by atoms with van der Waals surface area (Å²) in [7, 11) is -2.17. The van der Waals surface area contributed by atoms with Gasteiger partial charge in [0.05, 0.1) is 11.1 Å². The van der Waals surface area contributed by atoms with E-state index in [9.17, 15) is 8.42 Å². The van der Waals surface area contributed by atoms with Gasteiger partial charge in [0.25, 0.3) is 0 Å². The first kappa shape index (κ1) is 14.6. The molecule has 0 fully saturated rings. The Balaban J connectivity index is 2.37. The highest BCUT2D eigenvalue weighted by Gasteiger charge is 2.24. The summed E-state index contributed by atoms with van der Waals surface area (Å²) >= 11 is 4.90. The van der Waals surface area contributed by atoms with Crippen LogP contribution in [0.2, 0.25) is 0 Å². The Morgan fingerprint density at radius 1 is 1.45 bits per heavy atom. The van der Waals surface area contributed by atoms with Gasteiger partial charge in [0, 0.05) is 30.9 Å². The molecule has 0 atom stereocenters. The summed E-state index contributed by atoms with van der Waals surface area (Å²) < 4.78 is 26.4. The van der Waals surface area contributed by atoms with Gasteiger partial charge < -0.3 is 5.73 Å². The lowest BCUT2D eigenvalue weighted by atomic mass is 10.2. The molecule has 0 radical (unpaired) electrons. The van der Waals surface area contributed by atoms with Crippen molar-refractivity contribution in [3.8, 4) is 0 Å². The Morgan fingerprint density at radius 2 is 2.15 bits per heavy atom. The van der Waals surface area contributed by atoms with Crippen LogP contribution in [0, 0.1) is 0 Å². The molecule has 0 spiro atoms. The van der Waals surface area contributed by atoms with Gasteiger partial charge in [-0.3, -0.25) is 5.10 Å². The number of benzene rings is 1. The second kappa shape index (κ2) is 5.70. The predicted molar refractivity (Wildman–Crippen MR) is 79.6 cm³/mol. The number of thiocarbonyl (C=S) groups is 1. The molecule has 2 aromatic rings. The van der Waals surface area contributed by atoms with Gasteiger partial charge in [-0.1, -0.05) is 30.4 Å². The Morgan fingerprint density at radius 3 is 2.75 bits per heavy atom. The van der Waals surface area contributed by atoms with Crippen molar-refractivity contribution in [2.24, 2.45) is 5.73 Å². The first-order valence-corrected chi connectivity index (χ1v) is 7.60. The van der Waals surface area contributed by atoms with Gasteiger partial charge in [-0.05, 0) is 6.07 Å². The minimum atomic E-state index is -3.67. The number of nitrogens with zero attached hydrogens (tertiary/aromatic N) is 2. The van der Waals surface area contributed by atoms with E-state index in [2.05, 4.69) is 10.2 Å². The number of aromatic nitrogens is 2. The second-order valence-corrected chi connectivity index (χ2v) is 6.68. The molecular weight excluding hydrogens is 296 g/mol. The maximum Gasteiger partial charge on any atom is 0.243 e. The number of hydrogen-bond donors (Lipinski definition) is 2. The fourth-order valence-electron chi connectivity index (χ4n) is 1.77. The first-order chi connectivity index (χ1) is 9.43. The fraction of sp³-hybridized carbons (Fsp3) is 0.167. The normalized spacial score (nSPS) is 11.7. The highest BCUT2D eigenvalue weighted by Crippen LogP contribution is 2.20. The van der Waals surface area contributed by atoms with E-state index >= 15 is 0 Å². The van der Waals surface area contributed by atoms with Crippen LogP contribution in [0.4, 0.5) is 0 Å². The molecule has 3 N–H and O–H groups in total. The third kappa shape index (κ3) is 2.87. The summed E-state index contributed by atoms with van der Waals surface area (Å²) in [5, 5.41) is 6.43. The number of rotatable bonds is 5. The van der Waals surface area contributed by atoms with E-state index in [4.69, 9.17) is 18.0 Å². The molecule has 0 unspecified atom stereocenters. The van der Waals surface area contributed by atoms with E-state index in [-0.39, 0.29) is 16.4 Å². The van der Waals surface area contributed by atoms with Crippen LogP contribution >= 0.6 is 12.2 Å². The molecule has 6 nitrogen and oxygen atoms in total. The van der Waals surface area contributed by atoms with E-state index in [1.807, 2.05) is 0 Å². The zero-order valence-electron chi connectivity index (χ0n) is 10.8. The molecule has 106 valence electrons. The fourth-order valence-corrected chi connectivity index (χ4v) is 3.37. The third-order valence-electron chi connectivity index (χ3n) is 2.80. The van der Waals surface area contributed by atoms with Crippen molar-refractivity contribution in [2.45, 2.75) is 11.4 Å². The number of sulfonamides is 1. The van der Waals surface area contributed by atoms with Crippen LogP contribution in [-0.4, -0.2) is 35.0 Å². The largest absolute Gasteiger partial charge is 0.389 e. The van der Waals surface area contributed by atoms with E-state index in [1.165, 1.54) is 17.4 Å². The van der Waals surface area contributed by atoms with Gasteiger partial charge in [0.2, 0.25) is 10.0 Å². The summed E-state index contributed by atoms with van der Waals surface area (Å²) in [6.45, 7) is 0.213. The van der Waals surface area contributed by atoms with Crippen LogP contribution in [0.3, 0.4) is 0 Å². The molecule has 0 aliphatic heterocycles. The van der Waals surface area contributed by atoms with Crippen molar-refractivity contribution in [1.29, 1.82) is 0 Å². The number of hydrogen-bond acceptors (Lipinski definition) is 4. The van der Waals surface area contributed by atoms with E-state index in [1.54, 1.807) is 30.6 Å². The van der Waals surface area contributed by atoms with Crippen LogP contribution in [0.5, 0.6) is 0 Å². The highest BCUT2D eigenvalue weighted by molar-refractivity contribution is 7.89. The lowest BCUT2D eigenvalue weighted by Gasteiger charge is -2.18. The van der Waals surface area contributed by atoms with Crippen molar-refractivity contribution in [2.75, 3.05) is 7.05 Å². The molecule has 2 rings (SSSR count). The Bertz CT molecular complexity index is 711. The molecule has 0 saturated heterocycles. The Labute approximate surface area is 122 Å². The van der Waals surface area contributed by atoms with Gasteiger partial charge >= 0.3 is 0 Å². The SMILES string of the molecule is CN(Cc1cn[nH]c1)S(=O)(=O)c1ccccc1C(N)=S. The summed E-state index contributed by atoms with van der Waals surface area (Å²) in [4.78, 5) is 0.166. The van der Waals surface area contributed by atoms with E-state index in [0.29, 0.717) is 5.56 Å². The molecular formula is C12H14N4O2S2. The summed E-state index contributed by atoms with van der Waals surface area (Å²) in [6.07, 6.45) is 3.22. The van der Waals surface area contributed by atoms with Crippen molar-refractivity contribution in [3.05, 3.63) is 47.8 Å². The third-order valence-corrected chi connectivity index (χ3v) is 4.88.